The van der Waals surface area contributed by atoms with Crippen molar-refractivity contribution in [2.45, 2.75) is 13.2 Å². The number of aromatic nitrogens is 6. The first-order valence-electron chi connectivity index (χ1n) is 9.39. The van der Waals surface area contributed by atoms with Crippen molar-refractivity contribution in [3.8, 4) is 23.0 Å². The van der Waals surface area contributed by atoms with Gasteiger partial charge in [0.2, 0.25) is 5.88 Å². The molecule has 9 nitrogen and oxygen atoms in total. The van der Waals surface area contributed by atoms with Gasteiger partial charge in [0.15, 0.2) is 11.6 Å². The van der Waals surface area contributed by atoms with E-state index in [9.17, 15) is 8.78 Å². The van der Waals surface area contributed by atoms with Crippen LogP contribution in [-0.2, 0) is 6.54 Å². The van der Waals surface area contributed by atoms with Crippen molar-refractivity contribution in [3.05, 3.63) is 66.7 Å². The molecule has 11 heteroatoms. The first-order chi connectivity index (χ1) is 15.2. The summed E-state index contributed by atoms with van der Waals surface area (Å²) in [5.74, 6) is 0.726. The Bertz CT molecular complexity index is 1180. The Labute approximate surface area is 175 Å². The van der Waals surface area contributed by atoms with Crippen molar-refractivity contribution in [1.82, 2.24) is 29.9 Å². The van der Waals surface area contributed by atoms with Crippen LogP contribution in [0.1, 0.15) is 5.56 Å². The number of nitrogens with one attached hydrogen (secondary N) is 1. The van der Waals surface area contributed by atoms with E-state index in [0.717, 1.165) is 16.9 Å². The SMILES string of the molecule is FC(F)Oc1ncccc1-c1ncc2c(n1)N(Cc1ccc(-n3nccn3)cc1)CN2. The minimum atomic E-state index is -2.99. The third kappa shape index (κ3) is 3.84. The summed E-state index contributed by atoms with van der Waals surface area (Å²) >= 11 is 0. The molecule has 31 heavy (non-hydrogen) atoms. The van der Waals surface area contributed by atoms with Crippen LogP contribution in [0.25, 0.3) is 17.1 Å². The summed E-state index contributed by atoms with van der Waals surface area (Å²) in [7, 11) is 0. The van der Waals surface area contributed by atoms with Gasteiger partial charge in [0.25, 0.3) is 0 Å². The molecule has 0 saturated heterocycles. The molecule has 0 aliphatic carbocycles. The fraction of sp³-hybridized carbons (Fsp3) is 0.150. The minimum absolute atomic E-state index is 0.210. The van der Waals surface area contributed by atoms with E-state index in [1.807, 2.05) is 29.2 Å². The van der Waals surface area contributed by atoms with Crippen LogP contribution in [0.3, 0.4) is 0 Å². The average molecular weight is 422 g/mol. The molecule has 1 N–H and O–H groups in total. The van der Waals surface area contributed by atoms with Crippen molar-refractivity contribution < 1.29 is 13.5 Å². The van der Waals surface area contributed by atoms with Crippen molar-refractivity contribution in [1.29, 1.82) is 0 Å². The van der Waals surface area contributed by atoms with Gasteiger partial charge in [-0.05, 0) is 29.8 Å². The zero-order valence-corrected chi connectivity index (χ0v) is 16.1. The summed E-state index contributed by atoms with van der Waals surface area (Å²) in [6.45, 7) is -1.85. The van der Waals surface area contributed by atoms with Gasteiger partial charge in [-0.25, -0.2) is 15.0 Å². The van der Waals surface area contributed by atoms with Crippen molar-refractivity contribution in [2.75, 3.05) is 16.9 Å². The lowest BCUT2D eigenvalue weighted by molar-refractivity contribution is -0.0524. The predicted molar refractivity (Wildman–Crippen MR) is 108 cm³/mol. The number of alkyl halides is 2. The second kappa shape index (κ2) is 7.94. The maximum Gasteiger partial charge on any atom is 0.388 e. The van der Waals surface area contributed by atoms with Gasteiger partial charge in [0.05, 0.1) is 42.2 Å². The highest BCUT2D eigenvalue weighted by molar-refractivity contribution is 5.73. The summed E-state index contributed by atoms with van der Waals surface area (Å²) in [5.41, 5.74) is 2.99. The second-order valence-corrected chi connectivity index (χ2v) is 6.68. The van der Waals surface area contributed by atoms with Crippen LogP contribution in [0.4, 0.5) is 20.3 Å². The van der Waals surface area contributed by atoms with Crippen LogP contribution >= 0.6 is 0 Å². The third-order valence-corrected chi connectivity index (χ3v) is 4.70. The summed E-state index contributed by atoms with van der Waals surface area (Å²) in [4.78, 5) is 16.3. The van der Waals surface area contributed by atoms with Crippen LogP contribution in [0.2, 0.25) is 0 Å². The number of halogens is 2. The molecule has 156 valence electrons. The van der Waals surface area contributed by atoms with Gasteiger partial charge >= 0.3 is 6.61 Å². The molecular formula is C20H16F2N8O. The zero-order valence-electron chi connectivity index (χ0n) is 16.1. The second-order valence-electron chi connectivity index (χ2n) is 6.68. The van der Waals surface area contributed by atoms with Gasteiger partial charge in [-0.15, -0.1) is 0 Å². The molecule has 0 atom stereocenters. The molecule has 5 rings (SSSR count). The summed E-state index contributed by atoms with van der Waals surface area (Å²) in [6, 6.07) is 11.1. The quantitative estimate of drug-likeness (QED) is 0.507. The van der Waals surface area contributed by atoms with E-state index in [2.05, 4.69) is 35.2 Å². The summed E-state index contributed by atoms with van der Waals surface area (Å²) in [5, 5.41) is 11.5. The maximum atomic E-state index is 12.7. The molecule has 0 spiro atoms. The molecule has 0 unspecified atom stereocenters. The van der Waals surface area contributed by atoms with Crippen molar-refractivity contribution >= 4 is 11.5 Å². The molecule has 1 aliphatic heterocycles. The highest BCUT2D eigenvalue weighted by Crippen LogP contribution is 2.34. The Morgan fingerprint density at radius 3 is 2.61 bits per heavy atom. The maximum absolute atomic E-state index is 12.7. The van der Waals surface area contributed by atoms with Crippen molar-refractivity contribution in [3.63, 3.8) is 0 Å². The monoisotopic (exact) mass is 422 g/mol. The lowest BCUT2D eigenvalue weighted by atomic mass is 10.2. The van der Waals surface area contributed by atoms with Crippen LogP contribution in [0, 0.1) is 0 Å². The van der Waals surface area contributed by atoms with Gasteiger partial charge in [0.1, 0.15) is 0 Å². The van der Waals surface area contributed by atoms with E-state index >= 15 is 0 Å². The smallest absolute Gasteiger partial charge is 0.388 e. The molecule has 1 aromatic carbocycles. The fourth-order valence-electron chi connectivity index (χ4n) is 3.30. The number of anilines is 2. The minimum Gasteiger partial charge on any atom is -0.416 e. The number of fused-ring (bicyclic) bond motifs is 1. The predicted octanol–water partition coefficient (Wildman–Crippen LogP) is 3.11. The summed E-state index contributed by atoms with van der Waals surface area (Å²) < 4.78 is 30.0. The topological polar surface area (TPSA) is 93.9 Å². The molecule has 0 fully saturated rings. The van der Waals surface area contributed by atoms with Crippen molar-refractivity contribution in [2.24, 2.45) is 0 Å². The Morgan fingerprint density at radius 1 is 1.03 bits per heavy atom. The Hall–Kier alpha value is -4.15. The molecule has 0 bridgehead atoms. The largest absolute Gasteiger partial charge is 0.416 e. The number of rotatable bonds is 6. The first kappa shape index (κ1) is 18.9. The highest BCUT2D eigenvalue weighted by atomic mass is 19.3. The van der Waals surface area contributed by atoms with E-state index in [1.54, 1.807) is 35.5 Å². The van der Waals surface area contributed by atoms with E-state index in [1.165, 1.54) is 6.20 Å². The molecule has 4 heterocycles. The molecule has 3 aromatic heterocycles. The van der Waals surface area contributed by atoms with Crippen LogP contribution < -0.4 is 15.0 Å². The van der Waals surface area contributed by atoms with E-state index < -0.39 is 6.61 Å². The van der Waals surface area contributed by atoms with Gasteiger partial charge < -0.3 is 15.0 Å². The third-order valence-electron chi connectivity index (χ3n) is 4.70. The standard InChI is InChI=1S/C20H16F2N8O/c21-20(22)31-19-15(2-1-7-23-19)17-24-10-16-18(28-17)29(12-25-16)11-13-3-5-14(6-4-13)30-26-8-9-27-30/h1-10,20,25H,11-12H2. The van der Waals surface area contributed by atoms with Gasteiger partial charge in [0, 0.05) is 12.7 Å². The number of nitrogens with zero attached hydrogens (tertiary/aromatic N) is 7. The average Bonchev–Trinajstić information content (AvgIpc) is 3.45. The first-order valence-corrected chi connectivity index (χ1v) is 9.39. The number of benzene rings is 1. The Kier molecular flexibility index (Phi) is 4.83. The van der Waals surface area contributed by atoms with Crippen LogP contribution in [0.15, 0.2) is 61.2 Å². The highest BCUT2D eigenvalue weighted by Gasteiger charge is 2.23. The normalized spacial score (nSPS) is 12.7. The van der Waals surface area contributed by atoms with E-state index in [0.29, 0.717) is 24.6 Å². The zero-order chi connectivity index (χ0) is 21.2. The Morgan fingerprint density at radius 2 is 1.84 bits per heavy atom. The van der Waals surface area contributed by atoms with Crippen LogP contribution in [-0.4, -0.2) is 43.2 Å². The lowest BCUT2D eigenvalue weighted by Crippen LogP contribution is -2.22. The number of hydrogen-bond donors (Lipinski definition) is 1. The Balaban J connectivity index is 1.40. The molecule has 4 aromatic rings. The van der Waals surface area contributed by atoms with E-state index in [4.69, 9.17) is 0 Å². The van der Waals surface area contributed by atoms with Gasteiger partial charge in [-0.2, -0.15) is 23.8 Å². The number of hydrogen-bond acceptors (Lipinski definition) is 8. The molecule has 0 radical (unpaired) electrons. The van der Waals surface area contributed by atoms with Gasteiger partial charge in [-0.1, -0.05) is 12.1 Å². The van der Waals surface area contributed by atoms with E-state index in [-0.39, 0.29) is 11.7 Å². The fourth-order valence-corrected chi connectivity index (χ4v) is 3.30. The number of ether oxygens (including phenoxy) is 1. The molecular weight excluding hydrogens is 406 g/mol. The summed E-state index contributed by atoms with van der Waals surface area (Å²) in [6.07, 6.45) is 6.25. The number of pyridine rings is 1. The lowest BCUT2D eigenvalue weighted by Gasteiger charge is -2.17. The molecule has 0 saturated carbocycles. The van der Waals surface area contributed by atoms with Gasteiger partial charge in [-0.3, -0.25) is 0 Å². The van der Waals surface area contributed by atoms with Crippen LogP contribution in [0.5, 0.6) is 5.88 Å². The molecule has 0 amide bonds. The molecule has 1 aliphatic rings.